The number of primary sulfonamides is 1. The number of hydrogen-bond acceptors (Lipinski definition) is 6. The van der Waals surface area contributed by atoms with Gasteiger partial charge in [0.1, 0.15) is 23.1 Å². The van der Waals surface area contributed by atoms with Crippen LogP contribution in [0.1, 0.15) is 5.56 Å². The van der Waals surface area contributed by atoms with Gasteiger partial charge in [0.25, 0.3) is 0 Å². The highest BCUT2D eigenvalue weighted by Gasteiger charge is 2.16. The molecule has 0 radical (unpaired) electrons. The molecule has 0 unspecified atom stereocenters. The number of nitrogens with two attached hydrogens (primary N) is 2. The van der Waals surface area contributed by atoms with Gasteiger partial charge in [0.15, 0.2) is 0 Å². The maximum atomic E-state index is 11.5. The normalized spacial score (nSPS) is 14.8. The van der Waals surface area contributed by atoms with E-state index in [0.29, 0.717) is 18.7 Å². The van der Waals surface area contributed by atoms with Crippen LogP contribution in [0.3, 0.4) is 0 Å². The van der Waals surface area contributed by atoms with Crippen LogP contribution in [0, 0.1) is 0 Å². The van der Waals surface area contributed by atoms with E-state index in [1.54, 1.807) is 0 Å². The standard InChI is InChI=1S/C14H16N4O3S/c15-14-13(22(16,19)20)6-10(8-18-14)9-1-2-12-11(5-9)7-17-3-4-21-12/h1-2,5-6,8,17H,3-4,7H2,(H2,15,18)(H2,16,19,20). The van der Waals surface area contributed by atoms with Gasteiger partial charge in [-0.1, -0.05) is 6.07 Å². The minimum Gasteiger partial charge on any atom is -0.492 e. The summed E-state index contributed by atoms with van der Waals surface area (Å²) < 4.78 is 28.7. The molecule has 1 aromatic heterocycles. The molecular formula is C14H16N4O3S. The van der Waals surface area contributed by atoms with Crippen LogP contribution >= 0.6 is 0 Å². The van der Waals surface area contributed by atoms with Crippen LogP contribution in [0.4, 0.5) is 5.82 Å². The summed E-state index contributed by atoms with van der Waals surface area (Å²) in [5.41, 5.74) is 8.04. The van der Waals surface area contributed by atoms with Crippen molar-refractivity contribution in [3.8, 4) is 16.9 Å². The van der Waals surface area contributed by atoms with Crippen molar-refractivity contribution in [2.24, 2.45) is 5.14 Å². The minimum absolute atomic E-state index is 0.106. The third kappa shape index (κ3) is 2.89. The minimum atomic E-state index is -3.91. The number of nitrogen functional groups attached to an aromatic ring is 1. The van der Waals surface area contributed by atoms with E-state index in [4.69, 9.17) is 15.6 Å². The molecule has 0 atom stereocenters. The quantitative estimate of drug-likeness (QED) is 0.739. The fourth-order valence-electron chi connectivity index (χ4n) is 2.34. The van der Waals surface area contributed by atoms with Gasteiger partial charge in [-0.25, -0.2) is 18.5 Å². The van der Waals surface area contributed by atoms with Gasteiger partial charge in [0.05, 0.1) is 0 Å². The van der Waals surface area contributed by atoms with Gasteiger partial charge in [-0.05, 0) is 23.8 Å². The molecule has 3 rings (SSSR count). The lowest BCUT2D eigenvalue weighted by atomic mass is 10.0. The Morgan fingerprint density at radius 2 is 2.05 bits per heavy atom. The molecular weight excluding hydrogens is 304 g/mol. The molecule has 0 saturated carbocycles. The van der Waals surface area contributed by atoms with E-state index >= 15 is 0 Å². The molecule has 0 aliphatic carbocycles. The number of fused-ring (bicyclic) bond motifs is 1. The Kier molecular flexibility index (Phi) is 3.73. The molecule has 8 heteroatoms. The van der Waals surface area contributed by atoms with Crippen LogP contribution in [0.15, 0.2) is 35.4 Å². The molecule has 7 nitrogen and oxygen atoms in total. The number of aromatic nitrogens is 1. The summed E-state index contributed by atoms with van der Waals surface area (Å²) in [5, 5.41) is 8.41. The van der Waals surface area contributed by atoms with Crippen molar-refractivity contribution >= 4 is 15.8 Å². The summed E-state index contributed by atoms with van der Waals surface area (Å²) in [6, 6.07) is 7.09. The molecule has 0 bridgehead atoms. The Morgan fingerprint density at radius 3 is 2.82 bits per heavy atom. The van der Waals surface area contributed by atoms with Gasteiger partial charge in [-0.2, -0.15) is 0 Å². The molecule has 1 aromatic carbocycles. The smallest absolute Gasteiger partial charge is 0.241 e. The molecule has 2 aromatic rings. The lowest BCUT2D eigenvalue weighted by Gasteiger charge is -2.10. The largest absolute Gasteiger partial charge is 0.492 e. The van der Waals surface area contributed by atoms with Crippen LogP contribution < -0.4 is 20.9 Å². The van der Waals surface area contributed by atoms with E-state index in [2.05, 4.69) is 10.3 Å². The molecule has 22 heavy (non-hydrogen) atoms. The van der Waals surface area contributed by atoms with Gasteiger partial charge in [-0.3, -0.25) is 0 Å². The first-order valence-electron chi connectivity index (χ1n) is 6.70. The van der Waals surface area contributed by atoms with Gasteiger partial charge < -0.3 is 15.8 Å². The highest BCUT2D eigenvalue weighted by molar-refractivity contribution is 7.89. The molecule has 0 fully saturated rings. The molecule has 2 heterocycles. The van der Waals surface area contributed by atoms with E-state index in [1.165, 1.54) is 12.3 Å². The zero-order chi connectivity index (χ0) is 15.7. The number of nitrogens with zero attached hydrogens (tertiary/aromatic N) is 1. The number of anilines is 1. The first kappa shape index (κ1) is 14.8. The zero-order valence-corrected chi connectivity index (χ0v) is 12.6. The average Bonchev–Trinajstić information content (AvgIpc) is 2.71. The Hall–Kier alpha value is -2.16. The fraction of sp³-hybridized carbons (Fsp3) is 0.214. The molecule has 0 spiro atoms. The monoisotopic (exact) mass is 320 g/mol. The van der Waals surface area contributed by atoms with Crippen molar-refractivity contribution in [2.75, 3.05) is 18.9 Å². The lowest BCUT2D eigenvalue weighted by molar-refractivity contribution is 0.326. The van der Waals surface area contributed by atoms with E-state index in [9.17, 15) is 8.42 Å². The maximum Gasteiger partial charge on any atom is 0.241 e. The number of benzene rings is 1. The summed E-state index contributed by atoms with van der Waals surface area (Å²) in [6.45, 7) is 2.09. The maximum absolute atomic E-state index is 11.5. The van der Waals surface area contributed by atoms with Crippen molar-refractivity contribution in [1.29, 1.82) is 0 Å². The summed E-state index contributed by atoms with van der Waals surface area (Å²) in [4.78, 5) is 3.75. The Labute approximate surface area is 128 Å². The number of sulfonamides is 1. The van der Waals surface area contributed by atoms with Gasteiger partial charge in [0, 0.05) is 30.4 Å². The first-order valence-corrected chi connectivity index (χ1v) is 8.25. The predicted octanol–water partition coefficient (Wildman–Crippen LogP) is 0.460. The summed E-state index contributed by atoms with van der Waals surface area (Å²) in [7, 11) is -3.91. The molecule has 1 aliphatic heterocycles. The van der Waals surface area contributed by atoms with Crippen molar-refractivity contribution in [3.05, 3.63) is 36.0 Å². The summed E-state index contributed by atoms with van der Waals surface area (Å²) in [5.74, 6) is 0.717. The van der Waals surface area contributed by atoms with Crippen molar-refractivity contribution in [1.82, 2.24) is 10.3 Å². The highest BCUT2D eigenvalue weighted by Crippen LogP contribution is 2.29. The third-order valence-corrected chi connectivity index (χ3v) is 4.37. The Bertz CT molecular complexity index is 821. The molecule has 1 aliphatic rings. The van der Waals surface area contributed by atoms with E-state index in [-0.39, 0.29) is 10.7 Å². The van der Waals surface area contributed by atoms with E-state index < -0.39 is 10.0 Å². The number of rotatable bonds is 2. The van der Waals surface area contributed by atoms with Crippen LogP contribution in [0.5, 0.6) is 5.75 Å². The summed E-state index contributed by atoms with van der Waals surface area (Å²) >= 11 is 0. The van der Waals surface area contributed by atoms with Crippen molar-refractivity contribution < 1.29 is 13.2 Å². The van der Waals surface area contributed by atoms with Gasteiger partial charge >= 0.3 is 0 Å². The second kappa shape index (κ2) is 5.56. The highest BCUT2D eigenvalue weighted by atomic mass is 32.2. The Morgan fingerprint density at radius 1 is 1.23 bits per heavy atom. The number of nitrogens with one attached hydrogen (secondary N) is 1. The SMILES string of the molecule is Nc1ncc(-c2ccc3c(c2)CNCCO3)cc1S(N)(=O)=O. The number of ether oxygens (including phenoxy) is 1. The molecule has 0 saturated heterocycles. The van der Waals surface area contributed by atoms with Crippen LogP contribution in [0.25, 0.3) is 11.1 Å². The van der Waals surface area contributed by atoms with Crippen LogP contribution in [-0.2, 0) is 16.6 Å². The van der Waals surface area contributed by atoms with E-state index in [0.717, 1.165) is 23.4 Å². The second-order valence-electron chi connectivity index (χ2n) is 5.00. The average molecular weight is 320 g/mol. The van der Waals surface area contributed by atoms with Crippen molar-refractivity contribution in [2.45, 2.75) is 11.4 Å². The Balaban J connectivity index is 2.07. The fourth-order valence-corrected chi connectivity index (χ4v) is 2.97. The molecule has 5 N–H and O–H groups in total. The topological polar surface area (TPSA) is 120 Å². The zero-order valence-electron chi connectivity index (χ0n) is 11.7. The lowest BCUT2D eigenvalue weighted by Crippen LogP contribution is -2.16. The molecule has 116 valence electrons. The number of pyridine rings is 1. The van der Waals surface area contributed by atoms with E-state index in [1.807, 2.05) is 18.2 Å². The summed E-state index contributed by atoms with van der Waals surface area (Å²) in [6.07, 6.45) is 1.52. The van der Waals surface area contributed by atoms with Crippen molar-refractivity contribution in [3.63, 3.8) is 0 Å². The first-order chi connectivity index (χ1) is 10.4. The van der Waals surface area contributed by atoms with Gasteiger partial charge in [-0.15, -0.1) is 0 Å². The van der Waals surface area contributed by atoms with Crippen LogP contribution in [-0.4, -0.2) is 26.6 Å². The predicted molar refractivity (Wildman–Crippen MR) is 82.7 cm³/mol. The van der Waals surface area contributed by atoms with Gasteiger partial charge in [0.2, 0.25) is 10.0 Å². The van der Waals surface area contributed by atoms with Crippen LogP contribution in [0.2, 0.25) is 0 Å². The second-order valence-corrected chi connectivity index (χ2v) is 6.53. The third-order valence-electron chi connectivity index (χ3n) is 3.43. The molecule has 0 amide bonds. The number of hydrogen-bond donors (Lipinski definition) is 3.